The Morgan fingerprint density at radius 3 is 1.00 bits per heavy atom. The molecule has 0 radical (unpaired) electrons. The number of nitrogens with zero attached hydrogens (tertiary/aromatic N) is 17. The summed E-state index contributed by atoms with van der Waals surface area (Å²) in [5, 5.41) is 55.3. The third kappa shape index (κ3) is 22.5. The van der Waals surface area contributed by atoms with Crippen LogP contribution in [0.3, 0.4) is 0 Å². The molecular formula is C78H75F4N33OS. The van der Waals surface area contributed by atoms with Crippen LogP contribution in [-0.2, 0) is 0 Å². The fourth-order valence-electron chi connectivity index (χ4n) is 11.1. The van der Waals surface area contributed by atoms with E-state index >= 15 is 0 Å². The Hall–Kier alpha value is -15.8. The number of rotatable bonds is 25. The fraction of sp³-hybridized carbons (Fsp3) is 0.115. The molecule has 6 aromatic carbocycles. The van der Waals surface area contributed by atoms with Crippen molar-refractivity contribution >= 4 is 106 Å². The number of halogens is 4. The highest BCUT2D eigenvalue weighted by molar-refractivity contribution is 7.13. The normalized spacial score (nSPS) is 11.8. The summed E-state index contributed by atoms with van der Waals surface area (Å²) in [6.45, 7) is 7.66. The summed E-state index contributed by atoms with van der Waals surface area (Å²) in [7, 11) is 1.62. The highest BCUT2D eigenvalue weighted by Gasteiger charge is 2.19. The number of methoxy groups -OCH3 is 1. The molecule has 20 N–H and O–H groups in total. The Morgan fingerprint density at radius 1 is 0.333 bits per heavy atom. The number of nitrogens with one attached hydrogen (secondary N) is 12. The largest absolute Gasteiger partial charge is 0.497 e. The van der Waals surface area contributed by atoms with Gasteiger partial charge in [-0.15, -0.1) is 11.3 Å². The average Bonchev–Trinajstić information content (AvgIpc) is 1.69. The van der Waals surface area contributed by atoms with Gasteiger partial charge in [-0.2, -0.15) is 80.2 Å². The third-order valence-electron chi connectivity index (χ3n) is 17.0. The molecule has 10 aromatic heterocycles. The van der Waals surface area contributed by atoms with Gasteiger partial charge in [-0.05, 0) is 140 Å². The molecule has 0 bridgehead atoms. The highest BCUT2D eigenvalue weighted by Crippen LogP contribution is 2.31. The van der Waals surface area contributed by atoms with Gasteiger partial charge in [-0.3, -0.25) is 25.4 Å². The van der Waals surface area contributed by atoms with Gasteiger partial charge in [0.1, 0.15) is 29.0 Å². The molecule has 0 spiro atoms. The molecule has 10 heterocycles. The molecule has 16 rings (SSSR count). The number of H-pyrrole nitrogens is 4. The van der Waals surface area contributed by atoms with Crippen molar-refractivity contribution in [2.45, 2.75) is 51.9 Å². The van der Waals surface area contributed by atoms with Gasteiger partial charge < -0.3 is 70.2 Å². The van der Waals surface area contributed by atoms with Gasteiger partial charge in [0.15, 0.2) is 23.3 Å². The molecule has 117 heavy (non-hydrogen) atoms. The van der Waals surface area contributed by atoms with Crippen LogP contribution in [0.4, 0.5) is 112 Å². The molecule has 0 fully saturated rings. The van der Waals surface area contributed by atoms with E-state index in [0.29, 0.717) is 41.1 Å². The first-order chi connectivity index (χ1) is 56.7. The number of hydrogen-bond donors (Lipinski definition) is 16. The van der Waals surface area contributed by atoms with Crippen molar-refractivity contribution in [3.63, 3.8) is 0 Å². The summed E-state index contributed by atoms with van der Waals surface area (Å²) in [5.74, 6) is 4.18. The van der Waals surface area contributed by atoms with Crippen LogP contribution in [0.5, 0.6) is 5.75 Å². The molecule has 0 amide bonds. The average molecular weight is 1600 g/mol. The lowest BCUT2D eigenvalue weighted by Crippen LogP contribution is -2.12. The van der Waals surface area contributed by atoms with Gasteiger partial charge in [-0.25, -0.2) is 17.6 Å². The van der Waals surface area contributed by atoms with Crippen molar-refractivity contribution in [3.05, 3.63) is 263 Å². The molecule has 4 atom stereocenters. The molecule has 0 saturated carbocycles. The maximum Gasteiger partial charge on any atom is 0.235 e. The van der Waals surface area contributed by atoms with Crippen molar-refractivity contribution in [2.75, 3.05) is 72.6 Å². The Kier molecular flexibility index (Phi) is 25.4. The van der Waals surface area contributed by atoms with Crippen LogP contribution in [0.15, 0.2) is 218 Å². The number of benzene rings is 6. The minimum Gasteiger partial charge on any atom is -0.497 e. The number of nitrogen functional groups attached to an aromatic ring is 4. The topological polar surface area (TPSA) is 492 Å². The fourth-order valence-corrected chi connectivity index (χ4v) is 11.8. The van der Waals surface area contributed by atoms with Crippen LogP contribution >= 0.6 is 11.3 Å². The van der Waals surface area contributed by atoms with Gasteiger partial charge in [0.25, 0.3) is 0 Å². The van der Waals surface area contributed by atoms with E-state index in [1.54, 1.807) is 79.4 Å². The van der Waals surface area contributed by atoms with Gasteiger partial charge in [0, 0.05) is 47.8 Å². The van der Waals surface area contributed by atoms with Crippen molar-refractivity contribution in [1.29, 1.82) is 0 Å². The Labute approximate surface area is 668 Å². The maximum atomic E-state index is 13.1. The van der Waals surface area contributed by atoms with E-state index < -0.39 is 0 Å². The number of anilines is 16. The second-order valence-electron chi connectivity index (χ2n) is 25.5. The zero-order chi connectivity index (χ0) is 81.7. The second kappa shape index (κ2) is 37.5. The Bertz CT molecular complexity index is 5690. The molecule has 16 aromatic rings. The van der Waals surface area contributed by atoms with Crippen LogP contribution in [0, 0.1) is 23.3 Å². The standard InChI is InChI=1S/C21H21FN8O.C20H19FN8.C19H18FN9.C18H17FN8S/c1-12(13-6-8-15(22)9-7-13)24-20-26-19(23)27-21(28-20)25-18-11-17(29-30-18)14-4-3-5-16(10-14)31-2;1-12(13-7-9-15(21)10-8-13)23-19-25-18(22)26-20(27-19)24-17-11-16(28-29-17)14-5-3-2-4-6-14;1-11(12-4-6-14(20)7-5-12)23-18-25-17(21)26-19(27-18)24-16-9-15(28-29-16)13-3-2-8-22-10-13;1-10(11-4-6-12(19)7-5-11)21-17-23-16(20)24-18(25-17)22-15-9-13(26-27-15)14-3-2-8-28-14/h3-12H,1-2H3,(H5,23,24,25,26,27,28,29,30);2-12H,1H3,(H5,22,23,24,25,26,27,28,29);2-11H,1H3,(H5,21,23,24,25,26,27,28,29);2-10H,1H3,(H5,20,21,22,23,24,25,26,27). The Balaban J connectivity index is 0.000000136. The summed E-state index contributed by atoms with van der Waals surface area (Å²) in [4.78, 5) is 55.4. The first-order valence-electron chi connectivity index (χ1n) is 35.8. The monoisotopic (exact) mass is 1600 g/mol. The summed E-state index contributed by atoms with van der Waals surface area (Å²) < 4.78 is 57.7. The van der Waals surface area contributed by atoms with E-state index in [9.17, 15) is 17.6 Å². The summed E-state index contributed by atoms with van der Waals surface area (Å²) in [6, 6.07) is 56.7. The number of thiophene rings is 1. The van der Waals surface area contributed by atoms with Crippen molar-refractivity contribution in [3.8, 4) is 50.1 Å². The van der Waals surface area contributed by atoms with Crippen molar-refractivity contribution < 1.29 is 22.3 Å². The van der Waals surface area contributed by atoms with Crippen LogP contribution in [0.2, 0.25) is 0 Å². The van der Waals surface area contributed by atoms with E-state index in [1.807, 2.05) is 136 Å². The number of ether oxygens (including phenoxy) is 1. The van der Waals surface area contributed by atoms with E-state index in [-0.39, 0.29) is 101 Å². The smallest absolute Gasteiger partial charge is 0.235 e. The van der Waals surface area contributed by atoms with Crippen molar-refractivity contribution in [1.82, 2.24) is 106 Å². The van der Waals surface area contributed by atoms with Gasteiger partial charge in [0.2, 0.25) is 71.4 Å². The number of hydrogen-bond acceptors (Lipinski definition) is 31. The van der Waals surface area contributed by atoms with E-state index in [0.717, 1.165) is 72.3 Å². The van der Waals surface area contributed by atoms with E-state index in [2.05, 4.69) is 148 Å². The third-order valence-corrected chi connectivity index (χ3v) is 17.9. The predicted molar refractivity (Wildman–Crippen MR) is 442 cm³/mol. The zero-order valence-corrected chi connectivity index (χ0v) is 63.7. The number of aromatic nitrogens is 21. The van der Waals surface area contributed by atoms with Crippen molar-refractivity contribution in [2.24, 2.45) is 0 Å². The van der Waals surface area contributed by atoms with Crippen LogP contribution < -0.4 is 70.2 Å². The van der Waals surface area contributed by atoms with E-state index in [1.165, 1.54) is 48.5 Å². The SMILES string of the molecule is CC(Nc1nc(N)nc(Nc2cc(-c3ccccc3)[nH]n2)n1)c1ccc(F)cc1.CC(Nc1nc(N)nc(Nc2cc(-c3cccnc3)[nH]n2)n1)c1ccc(F)cc1.CC(Nc1nc(N)nc(Nc2cc(-c3cccs3)[nH]n2)n1)c1ccc(F)cc1.COc1cccc(-c2cc(Nc3nc(N)nc(NC(C)c4ccc(F)cc4)n3)n[nH]2)c1. The number of aromatic amines is 4. The second-order valence-corrected chi connectivity index (χ2v) is 26.5. The summed E-state index contributed by atoms with van der Waals surface area (Å²) in [5.41, 5.74) is 33.0. The molecule has 0 saturated heterocycles. The number of nitrogens with two attached hydrogens (primary N) is 4. The predicted octanol–water partition coefficient (Wildman–Crippen LogP) is 15.1. The van der Waals surface area contributed by atoms with Gasteiger partial charge in [-0.1, -0.05) is 97.1 Å². The lowest BCUT2D eigenvalue weighted by molar-refractivity contribution is 0.415. The summed E-state index contributed by atoms with van der Waals surface area (Å²) in [6.07, 6.45) is 3.44. The van der Waals surface area contributed by atoms with Gasteiger partial charge in [0.05, 0.1) is 58.9 Å². The zero-order valence-electron chi connectivity index (χ0n) is 62.8. The quantitative estimate of drug-likeness (QED) is 0.0236. The first kappa shape index (κ1) is 79.3. The molecule has 592 valence electrons. The maximum absolute atomic E-state index is 13.1. The lowest BCUT2D eigenvalue weighted by atomic mass is 10.1. The van der Waals surface area contributed by atoms with Crippen LogP contribution in [-0.4, -0.2) is 113 Å². The number of pyridine rings is 1. The lowest BCUT2D eigenvalue weighted by Gasteiger charge is -2.15. The minimum atomic E-state index is -0.292. The van der Waals surface area contributed by atoms with Gasteiger partial charge >= 0.3 is 0 Å². The molecular weight excluding hydrogens is 1520 g/mol. The molecule has 39 heteroatoms. The summed E-state index contributed by atoms with van der Waals surface area (Å²) >= 11 is 1.61. The molecule has 0 aliphatic heterocycles. The first-order valence-corrected chi connectivity index (χ1v) is 36.7. The van der Waals surface area contributed by atoms with Crippen LogP contribution in [0.25, 0.3) is 44.3 Å². The molecule has 4 unspecified atom stereocenters. The molecule has 0 aliphatic rings. The molecule has 34 nitrogen and oxygen atoms in total. The van der Waals surface area contributed by atoms with E-state index in [4.69, 9.17) is 27.7 Å². The minimum absolute atomic E-state index is 0.0508. The highest BCUT2D eigenvalue weighted by atomic mass is 32.1. The molecule has 0 aliphatic carbocycles. The Morgan fingerprint density at radius 2 is 0.658 bits per heavy atom. The van der Waals surface area contributed by atoms with Crippen LogP contribution in [0.1, 0.15) is 74.1 Å².